The van der Waals surface area contributed by atoms with Crippen LogP contribution >= 0.6 is 0 Å². The molecule has 0 spiro atoms. The number of aryl methyl sites for hydroxylation is 1. The fraction of sp³-hybridized carbons (Fsp3) is 0.450. The van der Waals surface area contributed by atoms with Crippen LogP contribution in [0.5, 0.6) is 11.5 Å². The Balaban J connectivity index is 2.06. The summed E-state index contributed by atoms with van der Waals surface area (Å²) < 4.78 is 21.1. The summed E-state index contributed by atoms with van der Waals surface area (Å²) in [7, 11) is 8.65. The van der Waals surface area contributed by atoms with E-state index in [1.807, 2.05) is 32.3 Å². The number of furan rings is 1. The topological polar surface area (TPSA) is 73.2 Å². The molecule has 0 radical (unpaired) electrons. The first-order valence-corrected chi connectivity index (χ1v) is 8.68. The molecule has 0 amide bonds. The molecule has 148 valence electrons. The lowest BCUT2D eigenvalue weighted by Gasteiger charge is -2.25. The molecule has 2 aromatic rings. The maximum absolute atomic E-state index is 11.7. The number of likely N-dealkylation sites (N-methyl/N-ethyl adjacent to an activating group) is 1. The zero-order valence-electron chi connectivity index (χ0n) is 16.8. The van der Waals surface area contributed by atoms with Gasteiger partial charge in [-0.05, 0) is 44.8 Å². The van der Waals surface area contributed by atoms with Crippen LogP contribution in [0.15, 0.2) is 28.7 Å². The van der Waals surface area contributed by atoms with Crippen molar-refractivity contribution < 1.29 is 23.4 Å². The van der Waals surface area contributed by atoms with Gasteiger partial charge >= 0.3 is 5.97 Å². The Hall–Kier alpha value is -2.51. The van der Waals surface area contributed by atoms with Gasteiger partial charge in [-0.1, -0.05) is 6.07 Å². The molecule has 1 aromatic carbocycles. The second kappa shape index (κ2) is 9.43. The first-order chi connectivity index (χ1) is 12.9. The zero-order chi connectivity index (χ0) is 20.0. The van der Waals surface area contributed by atoms with Crippen molar-refractivity contribution in [2.24, 2.45) is 0 Å². The third-order valence-corrected chi connectivity index (χ3v) is 4.43. The molecular formula is C20H28N2O5. The molecule has 7 nitrogen and oxygen atoms in total. The van der Waals surface area contributed by atoms with Gasteiger partial charge in [0.1, 0.15) is 17.1 Å². The van der Waals surface area contributed by atoms with Gasteiger partial charge in [0.2, 0.25) is 0 Å². The molecule has 1 unspecified atom stereocenters. The summed E-state index contributed by atoms with van der Waals surface area (Å²) >= 11 is 0. The summed E-state index contributed by atoms with van der Waals surface area (Å²) in [5, 5.41) is 3.39. The second-order valence-electron chi connectivity index (χ2n) is 6.40. The largest absolute Gasteiger partial charge is 0.493 e. The quantitative estimate of drug-likeness (QED) is 0.675. The number of methoxy groups -OCH3 is 3. The Morgan fingerprint density at radius 2 is 1.85 bits per heavy atom. The fourth-order valence-corrected chi connectivity index (χ4v) is 2.93. The van der Waals surface area contributed by atoms with Crippen LogP contribution in [0.1, 0.15) is 33.5 Å². The van der Waals surface area contributed by atoms with Crippen LogP contribution in [-0.4, -0.2) is 52.8 Å². The van der Waals surface area contributed by atoms with Crippen LogP contribution in [0.3, 0.4) is 0 Å². The minimum Gasteiger partial charge on any atom is -0.493 e. The van der Waals surface area contributed by atoms with E-state index in [-0.39, 0.29) is 12.0 Å². The number of ether oxygens (including phenoxy) is 3. The predicted molar refractivity (Wildman–Crippen MR) is 102 cm³/mol. The summed E-state index contributed by atoms with van der Waals surface area (Å²) in [5.74, 6) is 2.26. The maximum atomic E-state index is 11.7. The summed E-state index contributed by atoms with van der Waals surface area (Å²) in [6.07, 6.45) is 0. The standard InChI is InChI=1S/C20H28N2O5/c1-13-16(20(23)26-6)10-15(27-13)11-21-12-17(22(2)3)14-7-8-18(24-4)19(9-14)25-5/h7-10,17,21H,11-12H2,1-6H3. The van der Waals surface area contributed by atoms with Gasteiger partial charge < -0.3 is 28.8 Å². The normalized spacial score (nSPS) is 12.1. The highest BCUT2D eigenvalue weighted by Crippen LogP contribution is 2.31. The average Bonchev–Trinajstić information content (AvgIpc) is 3.04. The van der Waals surface area contributed by atoms with E-state index >= 15 is 0 Å². The molecule has 1 aromatic heterocycles. The number of rotatable bonds is 9. The third-order valence-electron chi connectivity index (χ3n) is 4.43. The first-order valence-electron chi connectivity index (χ1n) is 8.68. The predicted octanol–water partition coefficient (Wildman–Crippen LogP) is 2.78. The van der Waals surface area contributed by atoms with Crippen LogP contribution in [0.2, 0.25) is 0 Å². The molecule has 1 atom stereocenters. The molecule has 0 saturated carbocycles. The van der Waals surface area contributed by atoms with E-state index < -0.39 is 0 Å². The number of carbonyl (C=O) groups excluding carboxylic acids is 1. The van der Waals surface area contributed by atoms with E-state index in [1.54, 1.807) is 27.2 Å². The zero-order valence-corrected chi connectivity index (χ0v) is 16.8. The fourth-order valence-electron chi connectivity index (χ4n) is 2.93. The van der Waals surface area contributed by atoms with Crippen LogP contribution in [0.25, 0.3) is 0 Å². The van der Waals surface area contributed by atoms with Gasteiger partial charge in [0.05, 0.1) is 27.9 Å². The Morgan fingerprint density at radius 1 is 1.15 bits per heavy atom. The highest BCUT2D eigenvalue weighted by molar-refractivity contribution is 5.90. The molecule has 7 heteroatoms. The molecule has 2 rings (SSSR count). The van der Waals surface area contributed by atoms with E-state index in [2.05, 4.69) is 10.2 Å². The number of benzene rings is 1. The second-order valence-corrected chi connectivity index (χ2v) is 6.40. The van der Waals surface area contributed by atoms with E-state index in [9.17, 15) is 4.79 Å². The highest BCUT2D eigenvalue weighted by Gasteiger charge is 2.18. The molecule has 0 aliphatic rings. The smallest absolute Gasteiger partial charge is 0.341 e. The van der Waals surface area contributed by atoms with Crippen molar-refractivity contribution in [2.45, 2.75) is 19.5 Å². The van der Waals surface area contributed by atoms with E-state index in [0.717, 1.165) is 5.56 Å². The van der Waals surface area contributed by atoms with Gasteiger partial charge in [-0.3, -0.25) is 0 Å². The monoisotopic (exact) mass is 376 g/mol. The van der Waals surface area contributed by atoms with E-state index in [1.165, 1.54) is 7.11 Å². The summed E-state index contributed by atoms with van der Waals surface area (Å²) in [6.45, 7) is 2.95. The average molecular weight is 376 g/mol. The number of nitrogens with zero attached hydrogens (tertiary/aromatic N) is 1. The number of hydrogen-bond donors (Lipinski definition) is 1. The van der Waals surface area contributed by atoms with Gasteiger partial charge in [0.25, 0.3) is 0 Å². The van der Waals surface area contributed by atoms with Crippen LogP contribution in [-0.2, 0) is 11.3 Å². The molecule has 0 aliphatic heterocycles. The molecule has 0 fully saturated rings. The van der Waals surface area contributed by atoms with Crippen molar-refractivity contribution >= 4 is 5.97 Å². The van der Waals surface area contributed by atoms with Crippen LogP contribution < -0.4 is 14.8 Å². The van der Waals surface area contributed by atoms with Crippen LogP contribution in [0.4, 0.5) is 0 Å². The van der Waals surface area contributed by atoms with Crippen molar-refractivity contribution in [1.29, 1.82) is 0 Å². The van der Waals surface area contributed by atoms with E-state index in [4.69, 9.17) is 18.6 Å². The molecule has 0 saturated heterocycles. The Kier molecular flexibility index (Phi) is 7.27. The van der Waals surface area contributed by atoms with Gasteiger partial charge in [-0.15, -0.1) is 0 Å². The van der Waals surface area contributed by atoms with Crippen molar-refractivity contribution in [3.63, 3.8) is 0 Å². The van der Waals surface area contributed by atoms with Gasteiger partial charge in [0, 0.05) is 12.6 Å². The number of carbonyl (C=O) groups is 1. The molecule has 0 aliphatic carbocycles. The summed E-state index contributed by atoms with van der Waals surface area (Å²) in [5.41, 5.74) is 1.56. The maximum Gasteiger partial charge on any atom is 0.341 e. The van der Waals surface area contributed by atoms with Gasteiger partial charge in [-0.25, -0.2) is 4.79 Å². The number of nitrogens with one attached hydrogen (secondary N) is 1. The summed E-state index contributed by atoms with van der Waals surface area (Å²) in [4.78, 5) is 13.8. The molecule has 27 heavy (non-hydrogen) atoms. The van der Waals surface area contributed by atoms with Crippen molar-refractivity contribution in [3.8, 4) is 11.5 Å². The van der Waals surface area contributed by atoms with Crippen molar-refractivity contribution in [1.82, 2.24) is 10.2 Å². The molecule has 0 bridgehead atoms. The van der Waals surface area contributed by atoms with Gasteiger partial charge in [0.15, 0.2) is 11.5 Å². The number of esters is 1. The summed E-state index contributed by atoms with van der Waals surface area (Å²) in [6, 6.07) is 7.76. The molecule has 1 heterocycles. The molecule has 1 N–H and O–H groups in total. The number of hydrogen-bond acceptors (Lipinski definition) is 7. The minimum atomic E-state index is -0.390. The lowest BCUT2D eigenvalue weighted by atomic mass is 10.0. The Morgan fingerprint density at radius 3 is 2.44 bits per heavy atom. The Labute approximate surface area is 160 Å². The van der Waals surface area contributed by atoms with E-state index in [0.29, 0.717) is 41.7 Å². The first kappa shape index (κ1) is 20.8. The minimum absolute atomic E-state index is 0.126. The van der Waals surface area contributed by atoms with Crippen LogP contribution in [0, 0.1) is 6.92 Å². The third kappa shape index (κ3) is 5.02. The van der Waals surface area contributed by atoms with Crippen molar-refractivity contribution in [3.05, 3.63) is 46.9 Å². The van der Waals surface area contributed by atoms with Gasteiger partial charge in [-0.2, -0.15) is 0 Å². The SMILES string of the molecule is COC(=O)c1cc(CNCC(c2ccc(OC)c(OC)c2)N(C)C)oc1C. The lowest BCUT2D eigenvalue weighted by Crippen LogP contribution is -2.30. The highest BCUT2D eigenvalue weighted by atomic mass is 16.5. The molecular weight excluding hydrogens is 348 g/mol. The Bertz CT molecular complexity index is 770. The van der Waals surface area contributed by atoms with Crippen molar-refractivity contribution in [2.75, 3.05) is 42.0 Å². The lowest BCUT2D eigenvalue weighted by molar-refractivity contribution is 0.0599.